The maximum atomic E-state index is 11.4. The van der Waals surface area contributed by atoms with Crippen molar-refractivity contribution >= 4 is 21.8 Å². The average Bonchev–Trinajstić information content (AvgIpc) is 2.02. The molecule has 0 fully saturated rings. The summed E-state index contributed by atoms with van der Waals surface area (Å²) in [5.41, 5.74) is 0. The number of carbonyl (C=O) groups excluding carboxylic acids is 1. The molecule has 0 aromatic rings. The molecule has 72 valence electrons. The Hall–Kier alpha value is -0.0500. The first-order chi connectivity index (χ1) is 5.49. The Kier molecular flexibility index (Phi) is 5.55. The fourth-order valence-corrected chi connectivity index (χ4v) is 0.859. The molecule has 0 heterocycles. The number of nitrogens with one attached hydrogen (secondary N) is 1. The molecular formula is C9H18BrNO. The van der Waals surface area contributed by atoms with E-state index in [0.717, 1.165) is 6.42 Å². The second-order valence-electron chi connectivity index (χ2n) is 3.46. The van der Waals surface area contributed by atoms with E-state index in [-0.39, 0.29) is 16.8 Å². The Bertz CT molecular complexity index is 147. The molecule has 0 aliphatic heterocycles. The maximum Gasteiger partial charge on any atom is 0.234 e. The van der Waals surface area contributed by atoms with Crippen molar-refractivity contribution < 1.29 is 4.79 Å². The van der Waals surface area contributed by atoms with Crippen LogP contribution in [0, 0.1) is 5.92 Å². The van der Waals surface area contributed by atoms with Crippen LogP contribution in [0.5, 0.6) is 0 Å². The molecule has 0 aliphatic rings. The Morgan fingerprint density at radius 3 is 2.25 bits per heavy atom. The second kappa shape index (κ2) is 5.57. The largest absolute Gasteiger partial charge is 0.353 e. The number of hydrogen-bond donors (Lipinski definition) is 1. The van der Waals surface area contributed by atoms with Crippen LogP contribution in [0.15, 0.2) is 0 Å². The van der Waals surface area contributed by atoms with Crippen molar-refractivity contribution in [2.75, 3.05) is 0 Å². The number of halogens is 1. The summed E-state index contributed by atoms with van der Waals surface area (Å²) in [7, 11) is 0. The van der Waals surface area contributed by atoms with E-state index in [2.05, 4.69) is 28.2 Å². The molecule has 0 saturated carbocycles. The van der Waals surface area contributed by atoms with Crippen molar-refractivity contribution in [1.82, 2.24) is 5.32 Å². The standard InChI is InChI=1S/C9H18BrNO/c1-5-7(4)11-9(12)8(10)6(2)3/h6-8H,5H2,1-4H3,(H,11,12)/t7-,8-/m0/s1. The number of amides is 1. The normalized spacial score (nSPS) is 15.8. The summed E-state index contributed by atoms with van der Waals surface area (Å²) in [5, 5.41) is 2.92. The fraction of sp³-hybridized carbons (Fsp3) is 0.889. The van der Waals surface area contributed by atoms with Gasteiger partial charge in [0.2, 0.25) is 5.91 Å². The van der Waals surface area contributed by atoms with Gasteiger partial charge in [-0.1, -0.05) is 36.7 Å². The smallest absolute Gasteiger partial charge is 0.234 e. The molecule has 12 heavy (non-hydrogen) atoms. The molecular weight excluding hydrogens is 218 g/mol. The van der Waals surface area contributed by atoms with Crippen LogP contribution in [0.25, 0.3) is 0 Å². The molecule has 0 spiro atoms. The van der Waals surface area contributed by atoms with Crippen molar-refractivity contribution in [3.05, 3.63) is 0 Å². The quantitative estimate of drug-likeness (QED) is 0.745. The molecule has 3 heteroatoms. The zero-order valence-corrected chi connectivity index (χ0v) is 9.81. The van der Waals surface area contributed by atoms with Gasteiger partial charge in [-0.3, -0.25) is 4.79 Å². The number of alkyl halides is 1. The van der Waals surface area contributed by atoms with E-state index in [1.165, 1.54) is 0 Å². The van der Waals surface area contributed by atoms with Crippen LogP contribution < -0.4 is 5.32 Å². The minimum Gasteiger partial charge on any atom is -0.353 e. The molecule has 0 aliphatic carbocycles. The Morgan fingerprint density at radius 2 is 1.92 bits per heavy atom. The van der Waals surface area contributed by atoms with Gasteiger partial charge in [-0.25, -0.2) is 0 Å². The summed E-state index contributed by atoms with van der Waals surface area (Å²) in [4.78, 5) is 11.3. The zero-order chi connectivity index (χ0) is 9.72. The van der Waals surface area contributed by atoms with E-state index in [4.69, 9.17) is 0 Å². The predicted molar refractivity (Wildman–Crippen MR) is 55.4 cm³/mol. The highest BCUT2D eigenvalue weighted by Crippen LogP contribution is 2.11. The van der Waals surface area contributed by atoms with Gasteiger partial charge in [-0.15, -0.1) is 0 Å². The Labute approximate surface area is 83.2 Å². The molecule has 1 amide bonds. The van der Waals surface area contributed by atoms with Crippen LogP contribution in [-0.2, 0) is 4.79 Å². The monoisotopic (exact) mass is 235 g/mol. The van der Waals surface area contributed by atoms with Gasteiger partial charge in [0, 0.05) is 6.04 Å². The van der Waals surface area contributed by atoms with Crippen molar-refractivity contribution in [3.8, 4) is 0 Å². The van der Waals surface area contributed by atoms with Gasteiger partial charge < -0.3 is 5.32 Å². The molecule has 2 atom stereocenters. The van der Waals surface area contributed by atoms with Crippen LogP contribution in [0.1, 0.15) is 34.1 Å². The third kappa shape index (κ3) is 4.10. The molecule has 0 unspecified atom stereocenters. The van der Waals surface area contributed by atoms with Crippen molar-refractivity contribution in [3.63, 3.8) is 0 Å². The minimum absolute atomic E-state index is 0.0634. The summed E-state index contributed by atoms with van der Waals surface area (Å²) in [5.74, 6) is 0.438. The molecule has 0 bridgehead atoms. The highest BCUT2D eigenvalue weighted by atomic mass is 79.9. The lowest BCUT2D eigenvalue weighted by atomic mass is 10.1. The number of hydrogen-bond acceptors (Lipinski definition) is 1. The van der Waals surface area contributed by atoms with Crippen LogP contribution in [0.3, 0.4) is 0 Å². The Morgan fingerprint density at radius 1 is 1.42 bits per heavy atom. The molecule has 1 N–H and O–H groups in total. The van der Waals surface area contributed by atoms with Crippen molar-refractivity contribution in [2.24, 2.45) is 5.92 Å². The third-order valence-corrected chi connectivity index (χ3v) is 3.31. The predicted octanol–water partition coefficient (Wildman–Crippen LogP) is 2.32. The lowest BCUT2D eigenvalue weighted by Gasteiger charge is -2.17. The topological polar surface area (TPSA) is 29.1 Å². The van der Waals surface area contributed by atoms with Crippen LogP contribution in [-0.4, -0.2) is 16.8 Å². The van der Waals surface area contributed by atoms with E-state index in [9.17, 15) is 4.79 Å². The average molecular weight is 236 g/mol. The van der Waals surface area contributed by atoms with Gasteiger partial charge in [-0.2, -0.15) is 0 Å². The highest BCUT2D eigenvalue weighted by Gasteiger charge is 2.19. The third-order valence-electron chi connectivity index (χ3n) is 1.84. The van der Waals surface area contributed by atoms with E-state index in [1.54, 1.807) is 0 Å². The van der Waals surface area contributed by atoms with Crippen LogP contribution in [0.2, 0.25) is 0 Å². The highest BCUT2D eigenvalue weighted by molar-refractivity contribution is 9.10. The lowest BCUT2D eigenvalue weighted by Crippen LogP contribution is -2.39. The van der Waals surface area contributed by atoms with E-state index < -0.39 is 0 Å². The zero-order valence-electron chi connectivity index (χ0n) is 8.23. The first-order valence-corrected chi connectivity index (χ1v) is 5.35. The Balaban J connectivity index is 3.87. The fourth-order valence-electron chi connectivity index (χ4n) is 0.727. The SMILES string of the molecule is CC[C@H](C)NC(=O)[C@@H](Br)C(C)C. The number of rotatable bonds is 4. The number of carbonyl (C=O) groups is 1. The summed E-state index contributed by atoms with van der Waals surface area (Å²) in [6.07, 6.45) is 0.976. The van der Waals surface area contributed by atoms with Crippen molar-refractivity contribution in [1.29, 1.82) is 0 Å². The van der Waals surface area contributed by atoms with Gasteiger partial charge in [-0.05, 0) is 19.3 Å². The van der Waals surface area contributed by atoms with Gasteiger partial charge in [0.25, 0.3) is 0 Å². The van der Waals surface area contributed by atoms with Gasteiger partial charge >= 0.3 is 0 Å². The molecule has 0 radical (unpaired) electrons. The first kappa shape index (κ1) is 11.9. The molecule has 0 saturated heterocycles. The summed E-state index contributed by atoms with van der Waals surface area (Å²) in [6, 6.07) is 0.274. The second-order valence-corrected chi connectivity index (χ2v) is 4.45. The van der Waals surface area contributed by atoms with Crippen LogP contribution in [0.4, 0.5) is 0 Å². The maximum absolute atomic E-state index is 11.4. The van der Waals surface area contributed by atoms with Gasteiger partial charge in [0.05, 0.1) is 4.83 Å². The summed E-state index contributed by atoms with van der Waals surface area (Å²) >= 11 is 3.35. The molecule has 0 rings (SSSR count). The first-order valence-electron chi connectivity index (χ1n) is 4.43. The van der Waals surface area contributed by atoms with E-state index in [0.29, 0.717) is 5.92 Å². The molecule has 0 aromatic heterocycles. The van der Waals surface area contributed by atoms with Gasteiger partial charge in [0.15, 0.2) is 0 Å². The van der Waals surface area contributed by atoms with E-state index in [1.807, 2.05) is 20.8 Å². The van der Waals surface area contributed by atoms with Crippen LogP contribution >= 0.6 is 15.9 Å². The lowest BCUT2D eigenvalue weighted by molar-refractivity contribution is -0.121. The summed E-state index contributed by atoms with van der Waals surface area (Å²) < 4.78 is 0. The van der Waals surface area contributed by atoms with Gasteiger partial charge in [0.1, 0.15) is 0 Å². The van der Waals surface area contributed by atoms with E-state index >= 15 is 0 Å². The molecule has 2 nitrogen and oxygen atoms in total. The minimum atomic E-state index is -0.0634. The molecule has 0 aromatic carbocycles. The summed E-state index contributed by atoms with van der Waals surface area (Å²) in [6.45, 7) is 8.12. The van der Waals surface area contributed by atoms with Crippen molar-refractivity contribution in [2.45, 2.75) is 45.0 Å².